The summed E-state index contributed by atoms with van der Waals surface area (Å²) in [7, 11) is 0. The molecule has 0 aliphatic rings. The quantitative estimate of drug-likeness (QED) is 0.888. The average Bonchev–Trinajstić information content (AvgIpc) is 2.48. The van der Waals surface area contributed by atoms with Crippen molar-refractivity contribution in [2.24, 2.45) is 0 Å². The molecule has 0 heterocycles. The number of anilines is 1. The number of amides is 1. The first-order valence-electron chi connectivity index (χ1n) is 7.61. The first-order valence-corrected chi connectivity index (χ1v) is 7.61. The predicted octanol–water partition coefficient (Wildman–Crippen LogP) is 4.41. The third-order valence-corrected chi connectivity index (χ3v) is 3.77. The number of hydrogen-bond donors (Lipinski definition) is 1. The summed E-state index contributed by atoms with van der Waals surface area (Å²) < 4.78 is 5.93. The summed E-state index contributed by atoms with van der Waals surface area (Å²) in [5, 5.41) is 2.92. The highest BCUT2D eigenvalue weighted by atomic mass is 16.5. The molecule has 0 radical (unpaired) electrons. The molecule has 0 aromatic heterocycles. The molecule has 2 aromatic carbocycles. The summed E-state index contributed by atoms with van der Waals surface area (Å²) in [5.41, 5.74) is 4.14. The van der Waals surface area contributed by atoms with Crippen LogP contribution in [-0.2, 0) is 4.79 Å². The first kappa shape index (κ1) is 16.1. The van der Waals surface area contributed by atoms with Crippen molar-refractivity contribution in [1.29, 1.82) is 0 Å². The van der Waals surface area contributed by atoms with Gasteiger partial charge in [0.25, 0.3) is 5.91 Å². The highest BCUT2D eigenvalue weighted by molar-refractivity contribution is 5.94. The fraction of sp³-hybridized carbons (Fsp3) is 0.316. The van der Waals surface area contributed by atoms with Crippen LogP contribution < -0.4 is 10.1 Å². The number of benzene rings is 2. The summed E-state index contributed by atoms with van der Waals surface area (Å²) in [5.74, 6) is 0.653. The van der Waals surface area contributed by atoms with E-state index in [0.717, 1.165) is 28.1 Å². The largest absolute Gasteiger partial charge is 0.480 e. The molecule has 0 spiro atoms. The van der Waals surface area contributed by atoms with Gasteiger partial charge in [-0.3, -0.25) is 4.79 Å². The fourth-order valence-corrected chi connectivity index (χ4v) is 2.27. The Balaban J connectivity index is 2.10. The minimum Gasteiger partial charge on any atom is -0.480 e. The van der Waals surface area contributed by atoms with E-state index >= 15 is 0 Å². The van der Waals surface area contributed by atoms with Crippen LogP contribution in [0.2, 0.25) is 0 Å². The Morgan fingerprint density at radius 1 is 1.14 bits per heavy atom. The summed E-state index contributed by atoms with van der Waals surface area (Å²) >= 11 is 0. The molecule has 0 fully saturated rings. The Kier molecular flexibility index (Phi) is 5.21. The Morgan fingerprint density at radius 3 is 2.55 bits per heavy atom. The van der Waals surface area contributed by atoms with Crippen LogP contribution in [0, 0.1) is 20.8 Å². The smallest absolute Gasteiger partial charge is 0.265 e. The van der Waals surface area contributed by atoms with E-state index in [1.54, 1.807) is 0 Å². The Morgan fingerprint density at radius 2 is 1.86 bits per heavy atom. The number of nitrogens with one attached hydrogen (secondary N) is 1. The predicted molar refractivity (Wildman–Crippen MR) is 90.4 cm³/mol. The summed E-state index contributed by atoms with van der Waals surface area (Å²) in [4.78, 5) is 12.4. The lowest BCUT2D eigenvalue weighted by Crippen LogP contribution is -2.32. The van der Waals surface area contributed by atoms with E-state index in [-0.39, 0.29) is 5.91 Å². The fourth-order valence-electron chi connectivity index (χ4n) is 2.27. The molecule has 0 saturated heterocycles. The van der Waals surface area contributed by atoms with Crippen molar-refractivity contribution in [2.45, 2.75) is 40.2 Å². The second-order valence-electron chi connectivity index (χ2n) is 5.57. The third-order valence-electron chi connectivity index (χ3n) is 3.77. The molecule has 3 nitrogen and oxygen atoms in total. The van der Waals surface area contributed by atoms with Crippen LogP contribution in [0.5, 0.6) is 5.75 Å². The van der Waals surface area contributed by atoms with Gasteiger partial charge in [-0.15, -0.1) is 0 Å². The molecule has 1 atom stereocenters. The SMILES string of the molecule is CCC(Oc1cccc(C)c1C)C(=O)Nc1cccc(C)c1. The van der Waals surface area contributed by atoms with Crippen molar-refractivity contribution in [3.8, 4) is 5.75 Å². The number of carbonyl (C=O) groups excluding carboxylic acids is 1. The van der Waals surface area contributed by atoms with Crippen molar-refractivity contribution in [3.05, 3.63) is 59.2 Å². The molecule has 1 amide bonds. The van der Waals surface area contributed by atoms with Gasteiger partial charge >= 0.3 is 0 Å². The lowest BCUT2D eigenvalue weighted by Gasteiger charge is -2.19. The van der Waals surface area contributed by atoms with Gasteiger partial charge < -0.3 is 10.1 Å². The van der Waals surface area contributed by atoms with E-state index in [4.69, 9.17) is 4.74 Å². The lowest BCUT2D eigenvalue weighted by atomic mass is 10.1. The van der Waals surface area contributed by atoms with Crippen molar-refractivity contribution in [1.82, 2.24) is 0 Å². The van der Waals surface area contributed by atoms with Crippen LogP contribution in [0.4, 0.5) is 5.69 Å². The van der Waals surface area contributed by atoms with Gasteiger partial charge in [-0.2, -0.15) is 0 Å². The molecule has 0 bridgehead atoms. The zero-order valence-corrected chi connectivity index (χ0v) is 13.6. The Labute approximate surface area is 132 Å². The van der Waals surface area contributed by atoms with E-state index in [1.807, 2.05) is 70.2 Å². The van der Waals surface area contributed by atoms with E-state index < -0.39 is 6.10 Å². The highest BCUT2D eigenvalue weighted by Crippen LogP contribution is 2.23. The van der Waals surface area contributed by atoms with E-state index in [1.165, 1.54) is 0 Å². The number of ether oxygens (including phenoxy) is 1. The van der Waals surface area contributed by atoms with Crippen LogP contribution in [0.1, 0.15) is 30.0 Å². The van der Waals surface area contributed by atoms with Gasteiger partial charge in [0.15, 0.2) is 6.10 Å². The first-order chi connectivity index (χ1) is 10.5. The number of aryl methyl sites for hydroxylation is 2. The lowest BCUT2D eigenvalue weighted by molar-refractivity contribution is -0.122. The average molecular weight is 297 g/mol. The van der Waals surface area contributed by atoms with Gasteiger partial charge in [-0.05, 0) is 62.1 Å². The molecule has 1 unspecified atom stereocenters. The minimum absolute atomic E-state index is 0.117. The van der Waals surface area contributed by atoms with Crippen molar-refractivity contribution >= 4 is 11.6 Å². The molecule has 116 valence electrons. The maximum atomic E-state index is 12.4. The molecular weight excluding hydrogens is 274 g/mol. The van der Waals surface area contributed by atoms with Crippen LogP contribution in [0.25, 0.3) is 0 Å². The van der Waals surface area contributed by atoms with Gasteiger partial charge in [0.2, 0.25) is 0 Å². The van der Waals surface area contributed by atoms with Crippen LogP contribution in [0.3, 0.4) is 0 Å². The van der Waals surface area contributed by atoms with Crippen molar-refractivity contribution in [2.75, 3.05) is 5.32 Å². The molecule has 2 rings (SSSR count). The molecule has 3 heteroatoms. The standard InChI is InChI=1S/C19H23NO2/c1-5-17(22-18-11-7-9-14(3)15(18)4)19(21)20-16-10-6-8-13(2)12-16/h6-12,17H,5H2,1-4H3,(H,20,21). The molecule has 22 heavy (non-hydrogen) atoms. The number of carbonyl (C=O) groups is 1. The van der Waals surface area contributed by atoms with Crippen molar-refractivity contribution < 1.29 is 9.53 Å². The summed E-state index contributed by atoms with van der Waals surface area (Å²) in [6.07, 6.45) is 0.117. The van der Waals surface area contributed by atoms with E-state index in [0.29, 0.717) is 6.42 Å². The monoisotopic (exact) mass is 297 g/mol. The van der Waals surface area contributed by atoms with Crippen molar-refractivity contribution in [3.63, 3.8) is 0 Å². The molecular formula is C19H23NO2. The normalized spacial score (nSPS) is 11.8. The Hall–Kier alpha value is -2.29. The molecule has 1 N–H and O–H groups in total. The zero-order chi connectivity index (χ0) is 16.1. The molecule has 0 aliphatic heterocycles. The topological polar surface area (TPSA) is 38.3 Å². The molecule has 0 aliphatic carbocycles. The Bertz CT molecular complexity index is 664. The summed E-state index contributed by atoms with van der Waals surface area (Å²) in [6.45, 7) is 8.00. The third kappa shape index (κ3) is 3.88. The minimum atomic E-state index is -0.499. The van der Waals surface area contributed by atoms with Gasteiger partial charge in [-0.25, -0.2) is 0 Å². The van der Waals surface area contributed by atoms with Crippen LogP contribution >= 0.6 is 0 Å². The maximum absolute atomic E-state index is 12.4. The second kappa shape index (κ2) is 7.12. The van der Waals surface area contributed by atoms with Crippen LogP contribution in [-0.4, -0.2) is 12.0 Å². The van der Waals surface area contributed by atoms with Crippen LogP contribution in [0.15, 0.2) is 42.5 Å². The van der Waals surface area contributed by atoms with Gasteiger partial charge in [0, 0.05) is 5.69 Å². The summed E-state index contributed by atoms with van der Waals surface area (Å²) in [6, 6.07) is 13.7. The molecule has 2 aromatic rings. The van der Waals surface area contributed by atoms with Gasteiger partial charge in [0.05, 0.1) is 0 Å². The van der Waals surface area contributed by atoms with E-state index in [9.17, 15) is 4.79 Å². The highest BCUT2D eigenvalue weighted by Gasteiger charge is 2.19. The maximum Gasteiger partial charge on any atom is 0.265 e. The number of rotatable bonds is 5. The molecule has 0 saturated carbocycles. The van der Waals surface area contributed by atoms with Gasteiger partial charge in [0.1, 0.15) is 5.75 Å². The van der Waals surface area contributed by atoms with E-state index in [2.05, 4.69) is 5.32 Å². The number of hydrogen-bond acceptors (Lipinski definition) is 2. The van der Waals surface area contributed by atoms with Gasteiger partial charge in [-0.1, -0.05) is 31.2 Å². The second-order valence-corrected chi connectivity index (χ2v) is 5.57. The zero-order valence-electron chi connectivity index (χ0n) is 13.6.